The third kappa shape index (κ3) is 47.9. The molecule has 127 heavy (non-hydrogen) atoms. The smallest absolute Gasteiger partial charge is 0.749 e. The Labute approximate surface area is 839 Å². The van der Waals surface area contributed by atoms with Crippen LogP contribution in [-0.2, 0) is 139 Å². The van der Waals surface area contributed by atoms with E-state index < -0.39 is 0 Å². The van der Waals surface area contributed by atoms with Crippen LogP contribution in [0.1, 0.15) is 159 Å². The van der Waals surface area contributed by atoms with Gasteiger partial charge in [-0.1, -0.05) is 174 Å². The van der Waals surface area contributed by atoms with E-state index in [0.717, 1.165) is 75.3 Å². The zero-order chi connectivity index (χ0) is 89.5. The molecule has 0 aromatic carbocycles. The number of pyridine rings is 3. The third-order valence-corrected chi connectivity index (χ3v) is 14.5. The van der Waals surface area contributed by atoms with E-state index >= 15 is 0 Å². The molecule has 0 radical (unpaired) electrons. The zero-order valence-corrected chi connectivity index (χ0v) is 94.6. The van der Waals surface area contributed by atoms with Gasteiger partial charge in [0.05, 0.1) is 28.9 Å². The fourth-order valence-corrected chi connectivity index (χ4v) is 9.39. The number of hydrogen-bond acceptors (Lipinski definition) is 13. The molecule has 0 N–H and O–H groups in total. The van der Waals surface area contributed by atoms with E-state index in [2.05, 4.69) is 141 Å². The second-order valence-electron chi connectivity index (χ2n) is 21.4. The number of nitrogens with zero attached hydrogens (tertiary/aromatic N) is 25. The van der Waals surface area contributed by atoms with Gasteiger partial charge in [0.25, 0.3) is 0 Å². The molecule has 0 fully saturated rings. The molecule has 0 saturated heterocycles. The number of allylic oxidation sites excluding steroid dienone is 2. The van der Waals surface area contributed by atoms with Gasteiger partial charge in [-0.05, 0) is 141 Å². The van der Waals surface area contributed by atoms with Crippen LogP contribution in [0.25, 0.3) is 69.9 Å². The summed E-state index contributed by atoms with van der Waals surface area (Å²) >= 11 is 0. The van der Waals surface area contributed by atoms with Gasteiger partial charge in [0.15, 0.2) is 11.3 Å². The van der Waals surface area contributed by atoms with Crippen LogP contribution in [-0.4, -0.2) is 115 Å². The standard InChI is InChI=1S/C8H7N.C7H7N3.4C7H6N2.C7H7N.C6H7N3.C6H5N3.C6H5N.C5H5N3.C5H4N2.9C2H6.6W/c1-2-6-9-7-3-5-8(9)4-1;1-6-8-9-7-4-2-3-5-10(6)7;1-3-7-8-4-2-6-9(7)5-1;1-3-7-4-2-6-9(7)8-5-1;1-2-7-6-8-3-5-9(7)4-1;1-2-6-9-7(3-1)4-5-8-9;1-3-7-4-2-6-8(7)5-1;1-5-7-8-6-3-2-4-9(5)6;1-3-7-6-2-4-8-9(6)5-1;1-2-6-4-3-5-7-6;1-3-8-4-6-7-5(8)2;1-2-7-5-3-4-6-7;9*1-2;;;;;;/h1-7H;2-5H,1H3;4*1-6H;1-3,5-6H,4H2;2,4H,3H2,1H3;1-5H;1-5H;1,3H,2H3;1-4H;9*1-2H3;;;;;;/q;;;;;;;;;3*-2;;;;;;;;;;;;;3*+2. The maximum absolute atomic E-state index is 5.12. The number of hydrogen-bond donors (Lipinski definition) is 0. The van der Waals surface area contributed by atoms with Crippen LogP contribution in [0.2, 0.25) is 0 Å². The Morgan fingerprint density at radius 2 is 0.898 bits per heavy atom. The third-order valence-electron chi connectivity index (χ3n) is 14.5. The van der Waals surface area contributed by atoms with Gasteiger partial charge in [-0.15, -0.1) is 32.5 Å². The molecule has 2 aliphatic rings. The average Bonchev–Trinajstić information content (AvgIpc) is 1.70. The molecule has 21 heterocycles. The van der Waals surface area contributed by atoms with Gasteiger partial charge >= 0.3 is 63.2 Å². The molecule has 0 saturated carbocycles. The molecule has 0 bridgehead atoms. The number of aromatic nitrogens is 25. The van der Waals surface area contributed by atoms with Crippen molar-refractivity contribution in [1.29, 1.82) is 0 Å². The molecule has 0 atom stereocenters. The van der Waals surface area contributed by atoms with Crippen molar-refractivity contribution < 1.29 is 126 Å². The first-order valence-corrected chi connectivity index (χ1v) is 41.1. The van der Waals surface area contributed by atoms with E-state index in [0.29, 0.717) is 0 Å². The van der Waals surface area contributed by atoms with Crippen LogP contribution in [0.3, 0.4) is 0 Å². The predicted octanol–water partition coefficient (Wildman–Crippen LogP) is 22.4. The van der Waals surface area contributed by atoms with E-state index in [-0.39, 0.29) is 126 Å². The van der Waals surface area contributed by atoms with Crippen LogP contribution < -0.4 is 4.98 Å². The SMILES string of the molecule is C1=Cn2cccc2C1.CC.CC.CC.CC.CC.CC.CC.CC.CC.Cc1nnc2ccccn12.Cc1nnc2n1C=CC2.[CH-]=Cc1ccc[n-]1.[CH-]=Cn1[c-]ccn1.[CH-]=Cn1[c-]nnc1C.[W+2].[W+2].[W+2].[W].[W].[W].c1cc2cnccn2c1.c1ccn2cccc2c1.c1ccn2nccc2c1.c1cnc2cccn2c1.c1cnc2ccnn2c1.c1cnn2cccc2c1. The summed E-state index contributed by atoms with van der Waals surface area (Å²) in [6.45, 7) is 56.9. The zero-order valence-electron chi connectivity index (χ0n) is 77.0. The molecule has 0 unspecified atom stereocenters. The molecule has 25 nitrogen and oxygen atoms in total. The Kier molecular flexibility index (Phi) is 84.1. The summed E-state index contributed by atoms with van der Waals surface area (Å²) in [5, 5.41) is 38.6. The Bertz CT molecular complexity index is 4940. The first kappa shape index (κ1) is 127. The van der Waals surface area contributed by atoms with E-state index in [9.17, 15) is 0 Å². The van der Waals surface area contributed by atoms with E-state index in [1.54, 1.807) is 67.1 Å². The van der Waals surface area contributed by atoms with Crippen molar-refractivity contribution in [3.8, 4) is 0 Å². The normalized spacial score (nSPS) is 9.05. The summed E-state index contributed by atoms with van der Waals surface area (Å²) in [7, 11) is 0. The van der Waals surface area contributed by atoms with Crippen molar-refractivity contribution in [1.82, 2.24) is 120 Å². The van der Waals surface area contributed by atoms with Crippen LogP contribution in [0.4, 0.5) is 0 Å². The maximum Gasteiger partial charge on any atom is 2.00 e. The summed E-state index contributed by atoms with van der Waals surface area (Å²) in [5.74, 6) is 3.69. The Morgan fingerprint density at radius 1 is 0.378 bits per heavy atom. The number of rotatable bonds is 3. The summed E-state index contributed by atoms with van der Waals surface area (Å²) in [4.78, 5) is 16.0. The summed E-state index contributed by atoms with van der Waals surface area (Å²) in [6, 6.07) is 55.2. The van der Waals surface area contributed by atoms with Gasteiger partial charge in [-0.3, -0.25) is 44.1 Å². The molecule has 2 aliphatic heterocycles. The first-order chi connectivity index (χ1) is 59.7. The van der Waals surface area contributed by atoms with Crippen molar-refractivity contribution in [2.24, 2.45) is 0 Å². The van der Waals surface area contributed by atoms with Crippen molar-refractivity contribution in [2.45, 2.75) is 158 Å². The van der Waals surface area contributed by atoms with Crippen LogP contribution in [0, 0.1) is 53.0 Å². The fraction of sp³-hybridized carbons (Fsp3) is 0.240. The molecular weight excluding hydrogens is 2610 g/mol. The van der Waals surface area contributed by atoms with Crippen molar-refractivity contribution >= 4 is 69.9 Å². The second kappa shape index (κ2) is 83.8. The Morgan fingerprint density at radius 3 is 1.46 bits per heavy atom. The maximum atomic E-state index is 5.12. The first-order valence-electron chi connectivity index (χ1n) is 41.1. The topological polar surface area (TPSA) is 232 Å². The van der Waals surface area contributed by atoms with E-state index in [4.69, 9.17) is 19.7 Å². The van der Waals surface area contributed by atoms with Gasteiger partial charge in [0.2, 0.25) is 0 Å². The molecule has 0 aliphatic carbocycles. The van der Waals surface area contributed by atoms with Crippen LogP contribution in [0.15, 0.2) is 306 Å². The van der Waals surface area contributed by atoms with Crippen molar-refractivity contribution in [3.05, 3.63) is 373 Å². The minimum atomic E-state index is 0. The molecule has 31 heteroatoms. The number of aryl methyl sites for hydroxylation is 3. The van der Waals surface area contributed by atoms with Gasteiger partial charge in [-0.2, -0.15) is 27.6 Å². The molecule has 670 valence electrons. The van der Waals surface area contributed by atoms with Crippen molar-refractivity contribution in [3.63, 3.8) is 0 Å². The molecular formula is C96H125N25W6. The van der Waals surface area contributed by atoms with Crippen LogP contribution >= 0.6 is 0 Å². The molecule has 19 aromatic heterocycles. The second-order valence-corrected chi connectivity index (χ2v) is 21.4. The predicted molar refractivity (Wildman–Crippen MR) is 502 cm³/mol. The van der Waals surface area contributed by atoms with E-state index in [1.165, 1.54) is 38.9 Å². The molecule has 0 amide bonds. The molecule has 21 rings (SSSR count). The minimum absolute atomic E-state index is 0. The Balaban J connectivity index is -0.000000308. The average molecular weight is 2730 g/mol. The summed E-state index contributed by atoms with van der Waals surface area (Å²) in [5.41, 5.74) is 9.67. The monoisotopic (exact) mass is 2730 g/mol. The largest absolute Gasteiger partial charge is 2.00 e. The quantitative estimate of drug-likeness (QED) is 0.150. The van der Waals surface area contributed by atoms with Gasteiger partial charge in [0, 0.05) is 217 Å². The van der Waals surface area contributed by atoms with E-state index in [1.807, 2.05) is 379 Å². The minimum Gasteiger partial charge on any atom is -0.749 e. The summed E-state index contributed by atoms with van der Waals surface area (Å²) < 4.78 is 20.5. The molecule has 0 spiro atoms. The van der Waals surface area contributed by atoms with Crippen molar-refractivity contribution in [2.75, 3.05) is 0 Å². The van der Waals surface area contributed by atoms with Gasteiger partial charge in [0.1, 0.15) is 23.1 Å². The fourth-order valence-electron chi connectivity index (χ4n) is 9.39. The van der Waals surface area contributed by atoms with Gasteiger partial charge < -0.3 is 50.9 Å². The van der Waals surface area contributed by atoms with Crippen LogP contribution in [0.5, 0.6) is 0 Å². The van der Waals surface area contributed by atoms with Gasteiger partial charge in [-0.25, -0.2) is 33.7 Å². The molecule has 19 aromatic rings. The summed E-state index contributed by atoms with van der Waals surface area (Å²) in [6.07, 6.45) is 57.2. The Hall–Kier alpha value is -10.4. The number of fused-ring (bicyclic) bond motifs is 9.